The quantitative estimate of drug-likeness (QED) is 0.367. The molecule has 0 aromatic heterocycles. The Labute approximate surface area is 109 Å². The van der Waals surface area contributed by atoms with Gasteiger partial charge in [0.05, 0.1) is 12.2 Å². The van der Waals surface area contributed by atoms with E-state index in [1.165, 1.54) is 0 Å². The summed E-state index contributed by atoms with van der Waals surface area (Å²) in [5.74, 6) is -0.336. The first-order valence-electron chi connectivity index (χ1n) is 4.98. The van der Waals surface area contributed by atoms with Gasteiger partial charge < -0.3 is 4.74 Å². The Bertz CT molecular complexity index is 431. The van der Waals surface area contributed by atoms with Crippen LogP contribution in [0.4, 0.5) is 0 Å². The van der Waals surface area contributed by atoms with E-state index in [4.69, 9.17) is 4.74 Å². The van der Waals surface area contributed by atoms with Gasteiger partial charge in [-0.05, 0) is 41.1 Å². The Balaban J connectivity index is 2.84. The standard InChI is InChI=1S/C13H13IO2/c1-3-10(13(15)16-4-2)9-11-7-5-6-8-12(11)14/h5-8H,1,4,9H2,2H3. The smallest absolute Gasteiger partial charge is 0.342 e. The van der Waals surface area contributed by atoms with Crippen LogP contribution in [0.5, 0.6) is 0 Å². The van der Waals surface area contributed by atoms with Crippen LogP contribution in [0.1, 0.15) is 12.5 Å². The Morgan fingerprint density at radius 1 is 1.50 bits per heavy atom. The topological polar surface area (TPSA) is 26.3 Å². The lowest BCUT2D eigenvalue weighted by molar-refractivity contribution is -0.138. The SMILES string of the molecule is C=C=C(Cc1ccccc1I)C(=O)OCC. The monoisotopic (exact) mass is 328 g/mol. The maximum Gasteiger partial charge on any atom is 0.342 e. The Hall–Kier alpha value is -1.06. The molecular weight excluding hydrogens is 315 g/mol. The second-order valence-electron chi connectivity index (χ2n) is 3.14. The van der Waals surface area contributed by atoms with E-state index in [-0.39, 0.29) is 5.97 Å². The summed E-state index contributed by atoms with van der Waals surface area (Å²) in [7, 11) is 0. The molecule has 0 N–H and O–H groups in total. The zero-order valence-electron chi connectivity index (χ0n) is 9.13. The zero-order valence-corrected chi connectivity index (χ0v) is 11.3. The summed E-state index contributed by atoms with van der Waals surface area (Å²) in [6.45, 7) is 5.68. The van der Waals surface area contributed by atoms with E-state index in [9.17, 15) is 4.79 Å². The third-order valence-corrected chi connectivity index (χ3v) is 3.11. The molecule has 1 rings (SSSR count). The average Bonchev–Trinajstić information content (AvgIpc) is 2.28. The first kappa shape index (κ1) is 13.0. The van der Waals surface area contributed by atoms with E-state index < -0.39 is 0 Å². The van der Waals surface area contributed by atoms with E-state index in [1.807, 2.05) is 24.3 Å². The van der Waals surface area contributed by atoms with Gasteiger partial charge in [-0.15, -0.1) is 5.73 Å². The molecule has 84 valence electrons. The van der Waals surface area contributed by atoms with Crippen LogP contribution in [0, 0.1) is 3.57 Å². The molecule has 0 amide bonds. The van der Waals surface area contributed by atoms with Gasteiger partial charge in [0, 0.05) is 9.99 Å². The van der Waals surface area contributed by atoms with Gasteiger partial charge in [-0.1, -0.05) is 24.8 Å². The summed E-state index contributed by atoms with van der Waals surface area (Å²) in [6.07, 6.45) is 0.515. The number of rotatable bonds is 4. The van der Waals surface area contributed by atoms with Crippen LogP contribution in [-0.2, 0) is 16.0 Å². The van der Waals surface area contributed by atoms with Crippen LogP contribution in [-0.4, -0.2) is 12.6 Å². The molecule has 0 heterocycles. The van der Waals surface area contributed by atoms with Crippen molar-refractivity contribution in [2.75, 3.05) is 6.61 Å². The van der Waals surface area contributed by atoms with E-state index in [2.05, 4.69) is 34.9 Å². The average molecular weight is 328 g/mol. The van der Waals surface area contributed by atoms with Gasteiger partial charge in [0.25, 0.3) is 0 Å². The molecule has 0 unspecified atom stereocenters. The van der Waals surface area contributed by atoms with E-state index >= 15 is 0 Å². The highest BCUT2D eigenvalue weighted by atomic mass is 127. The molecule has 3 heteroatoms. The maximum absolute atomic E-state index is 11.5. The minimum Gasteiger partial charge on any atom is -0.462 e. The van der Waals surface area contributed by atoms with Crippen LogP contribution in [0.25, 0.3) is 0 Å². The first-order chi connectivity index (χ1) is 7.69. The van der Waals surface area contributed by atoms with Gasteiger partial charge in [0.2, 0.25) is 0 Å². The molecule has 2 nitrogen and oxygen atoms in total. The number of halogens is 1. The number of benzene rings is 1. The molecule has 0 aliphatic rings. The second kappa shape index (κ2) is 6.51. The summed E-state index contributed by atoms with van der Waals surface area (Å²) in [6, 6.07) is 7.90. The lowest BCUT2D eigenvalue weighted by Crippen LogP contribution is -2.09. The molecule has 0 spiro atoms. The van der Waals surface area contributed by atoms with Gasteiger partial charge in [0.15, 0.2) is 0 Å². The molecule has 1 aromatic carbocycles. The molecule has 16 heavy (non-hydrogen) atoms. The zero-order chi connectivity index (χ0) is 12.0. The molecule has 0 atom stereocenters. The van der Waals surface area contributed by atoms with Crippen LogP contribution in [0.15, 0.2) is 42.1 Å². The summed E-state index contributed by atoms with van der Waals surface area (Å²) in [5, 5.41) is 0. The number of carbonyl (C=O) groups excluding carboxylic acids is 1. The van der Waals surface area contributed by atoms with Crippen molar-refractivity contribution in [3.8, 4) is 0 Å². The van der Waals surface area contributed by atoms with Crippen molar-refractivity contribution in [2.45, 2.75) is 13.3 Å². The normalized spacial score (nSPS) is 9.38. The number of hydrogen-bond donors (Lipinski definition) is 0. The first-order valence-corrected chi connectivity index (χ1v) is 6.06. The molecule has 0 saturated heterocycles. The van der Waals surface area contributed by atoms with Crippen molar-refractivity contribution in [2.24, 2.45) is 0 Å². The lowest BCUT2D eigenvalue weighted by atomic mass is 10.1. The third kappa shape index (κ3) is 3.51. The van der Waals surface area contributed by atoms with Crippen LogP contribution >= 0.6 is 22.6 Å². The van der Waals surface area contributed by atoms with Crippen LogP contribution in [0.2, 0.25) is 0 Å². The van der Waals surface area contributed by atoms with Gasteiger partial charge in [-0.25, -0.2) is 4.79 Å². The van der Waals surface area contributed by atoms with Crippen LogP contribution < -0.4 is 0 Å². The van der Waals surface area contributed by atoms with Crippen molar-refractivity contribution >= 4 is 28.6 Å². The molecule has 1 aromatic rings. The fourth-order valence-electron chi connectivity index (χ4n) is 1.26. The summed E-state index contributed by atoms with van der Waals surface area (Å²) < 4.78 is 6.05. The van der Waals surface area contributed by atoms with E-state index in [1.54, 1.807) is 6.92 Å². The Morgan fingerprint density at radius 3 is 2.75 bits per heavy atom. The highest BCUT2D eigenvalue weighted by molar-refractivity contribution is 14.1. The number of esters is 1. The third-order valence-electron chi connectivity index (χ3n) is 2.06. The molecule has 0 aliphatic heterocycles. The second-order valence-corrected chi connectivity index (χ2v) is 4.31. The largest absolute Gasteiger partial charge is 0.462 e. The predicted molar refractivity (Wildman–Crippen MR) is 72.1 cm³/mol. The fraction of sp³-hybridized carbons (Fsp3) is 0.231. The minimum atomic E-state index is -0.336. The molecule has 0 radical (unpaired) electrons. The number of hydrogen-bond acceptors (Lipinski definition) is 2. The summed E-state index contributed by atoms with van der Waals surface area (Å²) in [4.78, 5) is 11.5. The van der Waals surface area contributed by atoms with E-state index in [0.29, 0.717) is 18.6 Å². The van der Waals surface area contributed by atoms with Gasteiger partial charge in [-0.2, -0.15) is 0 Å². The number of ether oxygens (including phenoxy) is 1. The summed E-state index contributed by atoms with van der Waals surface area (Å²) in [5.41, 5.74) is 4.21. The van der Waals surface area contributed by atoms with E-state index in [0.717, 1.165) is 9.13 Å². The van der Waals surface area contributed by atoms with Crippen molar-refractivity contribution in [1.29, 1.82) is 0 Å². The highest BCUT2D eigenvalue weighted by Crippen LogP contribution is 2.15. The minimum absolute atomic E-state index is 0.336. The van der Waals surface area contributed by atoms with Crippen molar-refractivity contribution in [1.82, 2.24) is 0 Å². The van der Waals surface area contributed by atoms with Crippen LogP contribution in [0.3, 0.4) is 0 Å². The molecular formula is C13H13IO2. The van der Waals surface area contributed by atoms with Crippen molar-refractivity contribution in [3.05, 3.63) is 51.3 Å². The maximum atomic E-state index is 11.5. The van der Waals surface area contributed by atoms with Gasteiger partial charge in [-0.3, -0.25) is 0 Å². The summed E-state index contributed by atoms with van der Waals surface area (Å²) >= 11 is 2.24. The lowest BCUT2D eigenvalue weighted by Gasteiger charge is -2.06. The van der Waals surface area contributed by atoms with Gasteiger partial charge >= 0.3 is 5.97 Å². The van der Waals surface area contributed by atoms with Crippen molar-refractivity contribution < 1.29 is 9.53 Å². The highest BCUT2D eigenvalue weighted by Gasteiger charge is 2.11. The molecule has 0 saturated carbocycles. The number of carbonyl (C=O) groups is 1. The van der Waals surface area contributed by atoms with Crippen molar-refractivity contribution in [3.63, 3.8) is 0 Å². The molecule has 0 bridgehead atoms. The Morgan fingerprint density at radius 2 is 2.19 bits per heavy atom. The Kier molecular flexibility index (Phi) is 5.29. The predicted octanol–water partition coefficient (Wildman–Crippen LogP) is 3.11. The van der Waals surface area contributed by atoms with Gasteiger partial charge in [0.1, 0.15) is 0 Å². The molecule has 0 aliphatic carbocycles. The molecule has 0 fully saturated rings. The fourth-order valence-corrected chi connectivity index (χ4v) is 1.84.